The third kappa shape index (κ3) is 2.52. The Labute approximate surface area is 194 Å². The smallest absolute Gasteiger partial charge is 0.0250 e. The van der Waals surface area contributed by atoms with Gasteiger partial charge in [0.1, 0.15) is 0 Å². The third-order valence-corrected chi connectivity index (χ3v) is 8.38. The second-order valence-corrected chi connectivity index (χ2v) is 9.97. The van der Waals surface area contributed by atoms with Crippen LogP contribution in [0.1, 0.15) is 25.3 Å². The van der Waals surface area contributed by atoms with E-state index in [1.807, 2.05) is 0 Å². The number of allylic oxidation sites excluding steroid dienone is 10. The van der Waals surface area contributed by atoms with Gasteiger partial charge in [-0.05, 0) is 66.6 Å². The summed E-state index contributed by atoms with van der Waals surface area (Å²) in [4.78, 5) is 0. The molecule has 0 radical (unpaired) electrons. The average Bonchev–Trinajstić information content (AvgIpc) is 3.27. The maximum Gasteiger partial charge on any atom is 0.0250 e. The van der Waals surface area contributed by atoms with E-state index < -0.39 is 0 Å². The van der Waals surface area contributed by atoms with Crippen molar-refractivity contribution in [3.8, 4) is 0 Å². The van der Waals surface area contributed by atoms with Gasteiger partial charge in [0.25, 0.3) is 0 Å². The fourth-order valence-electron chi connectivity index (χ4n) is 6.45. The van der Waals surface area contributed by atoms with E-state index in [1.54, 1.807) is 5.57 Å². The Morgan fingerprint density at radius 1 is 0.758 bits per heavy atom. The number of rotatable bonds is 1. The van der Waals surface area contributed by atoms with Gasteiger partial charge >= 0.3 is 0 Å². The fourth-order valence-corrected chi connectivity index (χ4v) is 6.45. The van der Waals surface area contributed by atoms with Crippen LogP contribution >= 0.6 is 0 Å². The number of fused-ring (bicyclic) bond motifs is 6. The first-order chi connectivity index (χ1) is 16.1. The lowest BCUT2D eigenvalue weighted by Gasteiger charge is -2.42. The summed E-state index contributed by atoms with van der Waals surface area (Å²) in [5, 5.41) is 8.07. The molecule has 0 nitrogen and oxygen atoms in total. The number of benzene rings is 4. The molecule has 0 amide bonds. The average molecular weight is 423 g/mol. The van der Waals surface area contributed by atoms with Crippen LogP contribution in [0.2, 0.25) is 0 Å². The highest BCUT2D eigenvalue weighted by Crippen LogP contribution is 2.54. The minimum atomic E-state index is 0.0563. The number of hydrogen-bond donors (Lipinski definition) is 0. The van der Waals surface area contributed by atoms with Gasteiger partial charge in [0.15, 0.2) is 0 Å². The first-order valence-corrected chi connectivity index (χ1v) is 12.0. The Morgan fingerprint density at radius 2 is 1.52 bits per heavy atom. The summed E-state index contributed by atoms with van der Waals surface area (Å²) in [7, 11) is 0. The molecule has 0 heterocycles. The molecule has 0 fully saturated rings. The van der Waals surface area contributed by atoms with Gasteiger partial charge in [0, 0.05) is 11.3 Å². The molecule has 1 unspecified atom stereocenters. The standard InChI is InChI=1S/C33H26/c1-21-31-23(19-25-10-7-8-18-33(21,25)2)16-17-29(31)30-20-24-15-14-22-9-3-4-11-26(22)32(24)28-13-6-5-12-27(28)30/h3-21,29H,1-2H3/t21-,29?,33-/m0/s1. The second kappa shape index (κ2) is 6.68. The lowest BCUT2D eigenvalue weighted by molar-refractivity contribution is 0.368. The first-order valence-electron chi connectivity index (χ1n) is 12.0. The van der Waals surface area contributed by atoms with Crippen molar-refractivity contribution < 1.29 is 0 Å². The Bertz CT molecular complexity index is 1640. The van der Waals surface area contributed by atoms with Crippen molar-refractivity contribution in [1.29, 1.82) is 0 Å². The SMILES string of the molecule is C[C@H]1C2=C(C=CC2c2cc3ccc4ccccc4c3c3ccccc23)C=C2C=CC=C[C@]21C. The first kappa shape index (κ1) is 18.9. The highest BCUT2D eigenvalue weighted by atomic mass is 14.4. The van der Waals surface area contributed by atoms with Gasteiger partial charge in [-0.25, -0.2) is 0 Å². The summed E-state index contributed by atoms with van der Waals surface area (Å²) < 4.78 is 0. The van der Waals surface area contributed by atoms with Crippen molar-refractivity contribution in [2.75, 3.05) is 0 Å². The molecule has 158 valence electrons. The molecule has 33 heavy (non-hydrogen) atoms. The maximum absolute atomic E-state index is 2.46. The van der Waals surface area contributed by atoms with Crippen LogP contribution in [0.3, 0.4) is 0 Å². The topological polar surface area (TPSA) is 0 Å². The molecule has 0 saturated heterocycles. The van der Waals surface area contributed by atoms with E-state index in [-0.39, 0.29) is 5.41 Å². The fraction of sp³-hybridized carbons (Fsp3) is 0.152. The van der Waals surface area contributed by atoms with Crippen LogP contribution in [0.15, 0.2) is 126 Å². The van der Waals surface area contributed by atoms with Crippen LogP contribution in [0, 0.1) is 11.3 Å². The van der Waals surface area contributed by atoms with E-state index in [2.05, 4.69) is 123 Å². The quantitative estimate of drug-likeness (QED) is 0.269. The molecule has 3 aliphatic rings. The molecular formula is C33H26. The predicted octanol–water partition coefficient (Wildman–Crippen LogP) is 8.80. The van der Waals surface area contributed by atoms with Gasteiger partial charge in [-0.1, -0.05) is 117 Å². The molecular weight excluding hydrogens is 396 g/mol. The zero-order valence-electron chi connectivity index (χ0n) is 19.0. The molecule has 0 heteroatoms. The number of hydrogen-bond acceptors (Lipinski definition) is 0. The monoisotopic (exact) mass is 422 g/mol. The van der Waals surface area contributed by atoms with Crippen LogP contribution in [0.5, 0.6) is 0 Å². The van der Waals surface area contributed by atoms with E-state index in [0.29, 0.717) is 11.8 Å². The Morgan fingerprint density at radius 3 is 2.39 bits per heavy atom. The zero-order chi connectivity index (χ0) is 22.2. The van der Waals surface area contributed by atoms with Crippen molar-refractivity contribution >= 4 is 32.3 Å². The van der Waals surface area contributed by atoms with Crippen LogP contribution in [0.25, 0.3) is 32.3 Å². The third-order valence-electron chi connectivity index (χ3n) is 8.38. The zero-order valence-corrected chi connectivity index (χ0v) is 19.0. The molecule has 3 atom stereocenters. The summed E-state index contributed by atoms with van der Waals surface area (Å²) >= 11 is 0. The molecule has 3 aliphatic carbocycles. The van der Waals surface area contributed by atoms with Crippen LogP contribution in [0.4, 0.5) is 0 Å². The lowest BCUT2D eigenvalue weighted by Crippen LogP contribution is -2.31. The Hall–Kier alpha value is -3.64. The molecule has 0 bridgehead atoms. The molecule has 0 N–H and O–H groups in total. The Balaban J connectivity index is 1.51. The Kier molecular flexibility index (Phi) is 3.82. The molecule has 0 saturated carbocycles. The van der Waals surface area contributed by atoms with Gasteiger partial charge in [-0.2, -0.15) is 0 Å². The van der Waals surface area contributed by atoms with E-state index in [0.717, 1.165) is 0 Å². The summed E-state index contributed by atoms with van der Waals surface area (Å²) in [5.41, 5.74) is 5.88. The largest absolute Gasteiger partial charge is 0.0736 e. The van der Waals surface area contributed by atoms with E-state index >= 15 is 0 Å². The van der Waals surface area contributed by atoms with E-state index in [4.69, 9.17) is 0 Å². The highest BCUT2D eigenvalue weighted by Gasteiger charge is 2.42. The molecule has 7 rings (SSSR count). The van der Waals surface area contributed by atoms with Crippen molar-refractivity contribution in [3.05, 3.63) is 132 Å². The minimum Gasteiger partial charge on any atom is -0.0736 e. The molecule has 0 aromatic heterocycles. The minimum absolute atomic E-state index is 0.0563. The molecule has 0 spiro atoms. The van der Waals surface area contributed by atoms with Crippen molar-refractivity contribution in [3.63, 3.8) is 0 Å². The van der Waals surface area contributed by atoms with Crippen molar-refractivity contribution in [1.82, 2.24) is 0 Å². The van der Waals surface area contributed by atoms with Crippen LogP contribution in [-0.2, 0) is 0 Å². The van der Waals surface area contributed by atoms with Gasteiger partial charge in [0.2, 0.25) is 0 Å². The van der Waals surface area contributed by atoms with Crippen molar-refractivity contribution in [2.24, 2.45) is 11.3 Å². The maximum atomic E-state index is 2.46. The van der Waals surface area contributed by atoms with Gasteiger partial charge < -0.3 is 0 Å². The second-order valence-electron chi connectivity index (χ2n) is 9.97. The van der Waals surface area contributed by atoms with Gasteiger partial charge in [-0.3, -0.25) is 0 Å². The van der Waals surface area contributed by atoms with Gasteiger partial charge in [-0.15, -0.1) is 0 Å². The summed E-state index contributed by atoms with van der Waals surface area (Å²) in [6, 6.07) is 24.8. The normalized spacial score (nSPS) is 25.7. The lowest BCUT2D eigenvalue weighted by atomic mass is 9.62. The van der Waals surface area contributed by atoms with E-state index in [1.165, 1.54) is 49.0 Å². The van der Waals surface area contributed by atoms with E-state index in [9.17, 15) is 0 Å². The van der Waals surface area contributed by atoms with Gasteiger partial charge in [0.05, 0.1) is 0 Å². The molecule has 0 aliphatic heterocycles. The highest BCUT2D eigenvalue weighted by molar-refractivity contribution is 6.21. The summed E-state index contributed by atoms with van der Waals surface area (Å²) in [6.07, 6.45) is 16.3. The summed E-state index contributed by atoms with van der Waals surface area (Å²) in [6.45, 7) is 4.82. The molecule has 4 aromatic rings. The van der Waals surface area contributed by atoms with Crippen LogP contribution in [-0.4, -0.2) is 0 Å². The predicted molar refractivity (Wildman–Crippen MR) is 142 cm³/mol. The van der Waals surface area contributed by atoms with Crippen LogP contribution < -0.4 is 0 Å². The van der Waals surface area contributed by atoms with Crippen molar-refractivity contribution in [2.45, 2.75) is 19.8 Å². The molecule has 4 aromatic carbocycles. The summed E-state index contributed by atoms with van der Waals surface area (Å²) in [5.74, 6) is 0.754.